The summed E-state index contributed by atoms with van der Waals surface area (Å²) in [5, 5.41) is 7.43. The second-order valence-corrected chi connectivity index (χ2v) is 6.59. The average Bonchev–Trinajstić information content (AvgIpc) is 3.33. The molecule has 0 saturated carbocycles. The number of esters is 1. The molecule has 2 heterocycles. The minimum atomic E-state index is -0.649. The smallest absolute Gasteiger partial charge is 0.331 e. The highest BCUT2D eigenvalue weighted by atomic mass is 35.5. The summed E-state index contributed by atoms with van der Waals surface area (Å²) in [6, 6.07) is 13.3. The van der Waals surface area contributed by atoms with E-state index < -0.39 is 11.9 Å². The van der Waals surface area contributed by atoms with Crippen molar-refractivity contribution < 1.29 is 18.7 Å². The van der Waals surface area contributed by atoms with Crippen LogP contribution >= 0.6 is 11.6 Å². The Morgan fingerprint density at radius 2 is 2.03 bits per heavy atom. The molecule has 2 aromatic heterocycles. The maximum absolute atomic E-state index is 11.9. The Hall–Kier alpha value is -3.32. The van der Waals surface area contributed by atoms with Crippen molar-refractivity contribution in [3.8, 4) is 0 Å². The highest BCUT2D eigenvalue weighted by Crippen LogP contribution is 2.22. The zero-order valence-corrected chi connectivity index (χ0v) is 16.6. The first-order valence-electron chi connectivity index (χ1n) is 8.93. The third-order valence-corrected chi connectivity index (χ3v) is 4.45. The molecule has 7 nitrogen and oxygen atoms in total. The molecule has 0 atom stereocenters. The Labute approximate surface area is 172 Å². The molecule has 8 heteroatoms. The summed E-state index contributed by atoms with van der Waals surface area (Å²) in [5.74, 6) is -0.459. The molecular formula is C21H20ClN3O4. The van der Waals surface area contributed by atoms with Crippen molar-refractivity contribution in [1.29, 1.82) is 0 Å². The van der Waals surface area contributed by atoms with Crippen LogP contribution in [-0.2, 0) is 27.4 Å². The van der Waals surface area contributed by atoms with Gasteiger partial charge in [-0.3, -0.25) is 4.79 Å². The van der Waals surface area contributed by atoms with Crippen LogP contribution in [0.3, 0.4) is 0 Å². The molecule has 0 saturated heterocycles. The van der Waals surface area contributed by atoms with Gasteiger partial charge in [0, 0.05) is 11.6 Å². The van der Waals surface area contributed by atoms with Crippen molar-refractivity contribution in [2.75, 3.05) is 6.61 Å². The van der Waals surface area contributed by atoms with Gasteiger partial charge >= 0.3 is 5.97 Å². The highest BCUT2D eigenvalue weighted by molar-refractivity contribution is 6.31. The van der Waals surface area contributed by atoms with E-state index in [-0.39, 0.29) is 13.2 Å². The van der Waals surface area contributed by atoms with Crippen LogP contribution < -0.4 is 5.32 Å². The molecule has 1 N–H and O–H groups in total. The van der Waals surface area contributed by atoms with E-state index in [1.54, 1.807) is 23.7 Å². The molecular weight excluding hydrogens is 394 g/mol. The van der Waals surface area contributed by atoms with E-state index in [1.165, 1.54) is 18.4 Å². The first kappa shape index (κ1) is 20.4. The first-order valence-corrected chi connectivity index (χ1v) is 9.31. The molecule has 150 valence electrons. The number of nitrogens with one attached hydrogen (secondary N) is 1. The molecule has 1 aromatic carbocycles. The number of benzene rings is 1. The monoisotopic (exact) mass is 413 g/mol. The minimum absolute atomic E-state index is 0.231. The van der Waals surface area contributed by atoms with Crippen molar-refractivity contribution in [3.05, 3.63) is 82.5 Å². The average molecular weight is 414 g/mol. The van der Waals surface area contributed by atoms with Gasteiger partial charge < -0.3 is 14.5 Å². The molecule has 0 aliphatic carbocycles. The predicted octanol–water partition coefficient (Wildman–Crippen LogP) is 3.36. The first-order chi connectivity index (χ1) is 14.0. The fraction of sp³-hybridized carbons (Fsp3) is 0.190. The standard InChI is InChI=1S/C21H20ClN3O4/c1-15-18(21(22)25(24-15)13-16-6-3-2-4-7-16)9-10-20(27)29-14-19(26)23-12-17-8-5-11-28-17/h2-11H,12-14H2,1H3,(H,23,26)/b10-9+. The molecule has 3 rings (SSSR count). The molecule has 29 heavy (non-hydrogen) atoms. The maximum Gasteiger partial charge on any atom is 0.331 e. The number of nitrogens with zero attached hydrogens (tertiary/aromatic N) is 2. The van der Waals surface area contributed by atoms with Gasteiger partial charge in [0.05, 0.1) is 25.0 Å². The lowest BCUT2D eigenvalue weighted by Crippen LogP contribution is -2.27. The van der Waals surface area contributed by atoms with E-state index in [0.717, 1.165) is 5.56 Å². The highest BCUT2D eigenvalue weighted by Gasteiger charge is 2.12. The van der Waals surface area contributed by atoms with Gasteiger partial charge in [-0.2, -0.15) is 5.10 Å². The van der Waals surface area contributed by atoms with Gasteiger partial charge in [0.1, 0.15) is 10.9 Å². The van der Waals surface area contributed by atoms with E-state index >= 15 is 0 Å². The SMILES string of the molecule is Cc1nn(Cc2ccccc2)c(Cl)c1/C=C/C(=O)OCC(=O)NCc1ccco1. The lowest BCUT2D eigenvalue weighted by molar-refractivity contribution is -0.143. The predicted molar refractivity (Wildman–Crippen MR) is 108 cm³/mol. The molecule has 3 aromatic rings. The summed E-state index contributed by atoms with van der Waals surface area (Å²) in [5.41, 5.74) is 2.38. The zero-order chi connectivity index (χ0) is 20.6. The van der Waals surface area contributed by atoms with Crippen LogP contribution in [0.5, 0.6) is 0 Å². The molecule has 1 amide bonds. The number of ether oxygens (including phenoxy) is 1. The summed E-state index contributed by atoms with van der Waals surface area (Å²) in [6.07, 6.45) is 4.28. The normalized spacial score (nSPS) is 11.0. The minimum Gasteiger partial charge on any atom is -0.467 e. The summed E-state index contributed by atoms with van der Waals surface area (Å²) in [7, 11) is 0. The summed E-state index contributed by atoms with van der Waals surface area (Å²) >= 11 is 6.40. The second-order valence-electron chi connectivity index (χ2n) is 6.23. The number of rotatable bonds is 8. The number of hydrogen-bond acceptors (Lipinski definition) is 5. The molecule has 0 unspecified atom stereocenters. The molecule has 0 fully saturated rings. The van der Waals surface area contributed by atoms with Gasteiger partial charge in [0.15, 0.2) is 6.61 Å². The number of carbonyl (C=O) groups excluding carboxylic acids is 2. The van der Waals surface area contributed by atoms with Crippen LogP contribution in [0.15, 0.2) is 59.2 Å². The topological polar surface area (TPSA) is 86.4 Å². The number of carbonyl (C=O) groups is 2. The maximum atomic E-state index is 11.9. The molecule has 0 aliphatic heterocycles. The summed E-state index contributed by atoms with van der Waals surface area (Å²) in [4.78, 5) is 23.6. The Morgan fingerprint density at radius 3 is 2.76 bits per heavy atom. The van der Waals surface area contributed by atoms with Crippen LogP contribution in [-0.4, -0.2) is 28.3 Å². The fourth-order valence-electron chi connectivity index (χ4n) is 2.60. The van der Waals surface area contributed by atoms with Gasteiger partial charge in [-0.05, 0) is 30.7 Å². The largest absolute Gasteiger partial charge is 0.467 e. The van der Waals surface area contributed by atoms with Crippen molar-refractivity contribution in [2.45, 2.75) is 20.0 Å². The molecule has 0 spiro atoms. The number of aromatic nitrogens is 2. The Morgan fingerprint density at radius 1 is 1.24 bits per heavy atom. The van der Waals surface area contributed by atoms with Crippen LogP contribution in [0.1, 0.15) is 22.6 Å². The van der Waals surface area contributed by atoms with E-state index in [0.29, 0.717) is 28.7 Å². The Kier molecular flexibility index (Phi) is 6.86. The van der Waals surface area contributed by atoms with E-state index in [4.69, 9.17) is 20.8 Å². The third kappa shape index (κ3) is 5.83. The van der Waals surface area contributed by atoms with Crippen molar-refractivity contribution in [2.24, 2.45) is 0 Å². The van der Waals surface area contributed by atoms with Crippen LogP contribution in [0.25, 0.3) is 6.08 Å². The van der Waals surface area contributed by atoms with Gasteiger partial charge in [0.25, 0.3) is 5.91 Å². The van der Waals surface area contributed by atoms with Crippen molar-refractivity contribution >= 4 is 29.6 Å². The Bertz CT molecular complexity index is 995. The van der Waals surface area contributed by atoms with Crippen molar-refractivity contribution in [3.63, 3.8) is 0 Å². The summed E-state index contributed by atoms with van der Waals surface area (Å²) in [6.45, 7) is 2.17. The van der Waals surface area contributed by atoms with Crippen molar-refractivity contribution in [1.82, 2.24) is 15.1 Å². The third-order valence-electron chi connectivity index (χ3n) is 4.06. The number of amides is 1. The second kappa shape index (κ2) is 9.75. The van der Waals surface area contributed by atoms with Crippen LogP contribution in [0.2, 0.25) is 5.15 Å². The van der Waals surface area contributed by atoms with Gasteiger partial charge in [-0.15, -0.1) is 0 Å². The molecule has 0 radical (unpaired) electrons. The van der Waals surface area contributed by atoms with Gasteiger partial charge in [0.2, 0.25) is 0 Å². The lowest BCUT2D eigenvalue weighted by Gasteiger charge is -2.04. The van der Waals surface area contributed by atoms with Crippen LogP contribution in [0.4, 0.5) is 0 Å². The quantitative estimate of drug-likeness (QED) is 0.452. The lowest BCUT2D eigenvalue weighted by atomic mass is 10.2. The number of aryl methyl sites for hydroxylation is 1. The molecule has 0 aliphatic rings. The number of hydrogen-bond donors (Lipinski definition) is 1. The van der Waals surface area contributed by atoms with Crippen LogP contribution in [0, 0.1) is 6.92 Å². The Balaban J connectivity index is 1.52. The van der Waals surface area contributed by atoms with Gasteiger partial charge in [-0.1, -0.05) is 41.9 Å². The number of halogens is 1. The molecule has 0 bridgehead atoms. The van der Waals surface area contributed by atoms with E-state index in [9.17, 15) is 9.59 Å². The zero-order valence-electron chi connectivity index (χ0n) is 15.8. The summed E-state index contributed by atoms with van der Waals surface area (Å²) < 4.78 is 11.7. The number of furan rings is 1. The fourth-order valence-corrected chi connectivity index (χ4v) is 2.90. The van der Waals surface area contributed by atoms with E-state index in [2.05, 4.69) is 10.4 Å². The van der Waals surface area contributed by atoms with Gasteiger partial charge in [-0.25, -0.2) is 9.48 Å². The van der Waals surface area contributed by atoms with E-state index in [1.807, 2.05) is 30.3 Å².